The van der Waals surface area contributed by atoms with Crippen LogP contribution in [0.15, 0.2) is 54.6 Å². The molecule has 28 heavy (non-hydrogen) atoms. The van der Waals surface area contributed by atoms with E-state index in [1.165, 1.54) is 5.69 Å². The van der Waals surface area contributed by atoms with Crippen molar-refractivity contribution in [3.05, 3.63) is 59.6 Å². The van der Waals surface area contributed by atoms with Gasteiger partial charge in [-0.25, -0.2) is 0 Å². The number of para-hydroxylation sites is 1. The number of nitrogens with one attached hydrogen (secondary N) is 1. The maximum absolute atomic E-state index is 12.6. The summed E-state index contributed by atoms with van der Waals surface area (Å²) in [7, 11) is 0. The summed E-state index contributed by atoms with van der Waals surface area (Å²) in [5, 5.41) is 3.66. The summed E-state index contributed by atoms with van der Waals surface area (Å²) < 4.78 is 0. The summed E-state index contributed by atoms with van der Waals surface area (Å²) in [6.45, 7) is 3.02. The Hall–Kier alpha value is -2.53. The summed E-state index contributed by atoms with van der Waals surface area (Å²) in [6, 6.07) is 17.6. The maximum atomic E-state index is 12.6. The van der Waals surface area contributed by atoms with Crippen molar-refractivity contribution in [2.75, 3.05) is 36.0 Å². The highest BCUT2D eigenvalue weighted by Gasteiger charge is 2.35. The van der Waals surface area contributed by atoms with Crippen LogP contribution in [0, 0.1) is 11.8 Å². The van der Waals surface area contributed by atoms with Crippen LogP contribution in [0.3, 0.4) is 0 Å². The van der Waals surface area contributed by atoms with E-state index in [1.54, 1.807) is 17.0 Å². The minimum atomic E-state index is -0.307. The first-order chi connectivity index (χ1) is 13.6. The smallest absolute Gasteiger partial charge is 0.227 e. The van der Waals surface area contributed by atoms with Crippen molar-refractivity contribution in [1.82, 2.24) is 5.32 Å². The molecule has 0 aliphatic carbocycles. The molecule has 2 aliphatic heterocycles. The van der Waals surface area contributed by atoms with Crippen LogP contribution in [-0.4, -0.2) is 38.0 Å². The fourth-order valence-corrected chi connectivity index (χ4v) is 4.22. The molecule has 2 aromatic rings. The Kier molecular flexibility index (Phi) is 5.53. The molecule has 2 atom stereocenters. The summed E-state index contributed by atoms with van der Waals surface area (Å²) in [5.74, 6) is 0.0676. The number of rotatable bonds is 5. The topological polar surface area (TPSA) is 52.7 Å². The van der Waals surface area contributed by atoms with Crippen molar-refractivity contribution in [3.63, 3.8) is 0 Å². The highest BCUT2D eigenvalue weighted by Crippen LogP contribution is 2.27. The van der Waals surface area contributed by atoms with E-state index in [4.69, 9.17) is 11.6 Å². The van der Waals surface area contributed by atoms with Gasteiger partial charge in [-0.2, -0.15) is 0 Å². The van der Waals surface area contributed by atoms with E-state index in [0.29, 0.717) is 24.0 Å². The Morgan fingerprint density at radius 2 is 1.86 bits per heavy atom. The first-order valence-electron chi connectivity index (χ1n) is 9.74. The number of nitrogens with zero attached hydrogens (tertiary/aromatic N) is 2. The minimum absolute atomic E-state index is 0.0291. The molecular formula is C22H24ClN3O2. The van der Waals surface area contributed by atoms with E-state index in [1.807, 2.05) is 30.3 Å². The molecule has 0 bridgehead atoms. The monoisotopic (exact) mass is 397 g/mol. The van der Waals surface area contributed by atoms with Crippen LogP contribution in [0.25, 0.3) is 0 Å². The van der Waals surface area contributed by atoms with Gasteiger partial charge in [0.05, 0.1) is 5.92 Å². The number of amides is 2. The van der Waals surface area contributed by atoms with E-state index in [0.717, 1.165) is 25.2 Å². The third-order valence-corrected chi connectivity index (χ3v) is 5.82. The molecule has 0 saturated carbocycles. The average molecular weight is 398 g/mol. The van der Waals surface area contributed by atoms with Gasteiger partial charge in [0.1, 0.15) is 0 Å². The zero-order chi connectivity index (χ0) is 19.5. The van der Waals surface area contributed by atoms with Gasteiger partial charge in [0.25, 0.3) is 0 Å². The van der Waals surface area contributed by atoms with Crippen molar-refractivity contribution in [2.24, 2.45) is 11.8 Å². The molecule has 0 radical (unpaired) electrons. The number of carbonyl (C=O) groups is 2. The fourth-order valence-electron chi connectivity index (χ4n) is 4.04. The normalized spacial score (nSPS) is 22.0. The molecule has 2 unspecified atom stereocenters. The molecular weight excluding hydrogens is 374 g/mol. The Balaban J connectivity index is 1.28. The lowest BCUT2D eigenvalue weighted by Crippen LogP contribution is -2.36. The second-order valence-corrected chi connectivity index (χ2v) is 8.00. The van der Waals surface area contributed by atoms with Crippen LogP contribution in [-0.2, 0) is 9.59 Å². The summed E-state index contributed by atoms with van der Waals surface area (Å²) in [5.41, 5.74) is 1.98. The second kappa shape index (κ2) is 8.23. The van der Waals surface area contributed by atoms with Gasteiger partial charge >= 0.3 is 0 Å². The molecule has 0 spiro atoms. The third-order valence-electron chi connectivity index (χ3n) is 5.59. The van der Waals surface area contributed by atoms with E-state index in [2.05, 4.69) is 22.3 Å². The summed E-state index contributed by atoms with van der Waals surface area (Å²) in [6.07, 6.45) is 1.31. The highest BCUT2D eigenvalue weighted by molar-refractivity contribution is 6.31. The van der Waals surface area contributed by atoms with Gasteiger partial charge in [0.15, 0.2) is 0 Å². The van der Waals surface area contributed by atoms with Gasteiger partial charge in [0.2, 0.25) is 11.8 Å². The highest BCUT2D eigenvalue weighted by atomic mass is 35.5. The molecule has 2 fully saturated rings. The fraction of sp³-hybridized carbons (Fsp3) is 0.364. The predicted molar refractivity (Wildman–Crippen MR) is 112 cm³/mol. The Morgan fingerprint density at radius 3 is 2.64 bits per heavy atom. The van der Waals surface area contributed by atoms with E-state index in [9.17, 15) is 9.59 Å². The Morgan fingerprint density at radius 1 is 1.07 bits per heavy atom. The van der Waals surface area contributed by atoms with Gasteiger partial charge in [-0.15, -0.1) is 0 Å². The molecule has 2 aliphatic rings. The van der Waals surface area contributed by atoms with E-state index < -0.39 is 0 Å². The number of hydrogen-bond acceptors (Lipinski definition) is 3. The standard InChI is InChI=1S/C22H24ClN3O2/c23-18-5-4-8-20(12-18)26-15-17(11-21(26)27)22(28)24-13-16-9-10-25(14-16)19-6-2-1-3-7-19/h1-8,12,16-17H,9-11,13-15H2,(H,24,28). The average Bonchev–Trinajstić information content (AvgIpc) is 3.34. The largest absolute Gasteiger partial charge is 0.371 e. The van der Waals surface area contributed by atoms with Gasteiger partial charge in [-0.1, -0.05) is 35.9 Å². The van der Waals surface area contributed by atoms with Crippen molar-refractivity contribution in [3.8, 4) is 0 Å². The number of benzene rings is 2. The molecule has 5 nitrogen and oxygen atoms in total. The van der Waals surface area contributed by atoms with E-state index >= 15 is 0 Å². The molecule has 2 saturated heterocycles. The van der Waals surface area contributed by atoms with Crippen LogP contribution in [0.2, 0.25) is 5.02 Å². The quantitative estimate of drug-likeness (QED) is 0.841. The first kappa shape index (κ1) is 18.8. The molecule has 2 aromatic carbocycles. The number of anilines is 2. The van der Waals surface area contributed by atoms with Gasteiger partial charge in [-0.05, 0) is 42.7 Å². The van der Waals surface area contributed by atoms with E-state index in [-0.39, 0.29) is 24.2 Å². The Bertz CT molecular complexity index is 858. The molecule has 6 heteroatoms. The molecule has 146 valence electrons. The second-order valence-electron chi connectivity index (χ2n) is 7.57. The van der Waals surface area contributed by atoms with Crippen molar-refractivity contribution in [2.45, 2.75) is 12.8 Å². The van der Waals surface area contributed by atoms with Gasteiger partial charge < -0.3 is 15.1 Å². The number of hydrogen-bond donors (Lipinski definition) is 1. The lowest BCUT2D eigenvalue weighted by Gasteiger charge is -2.19. The molecule has 4 rings (SSSR count). The first-order valence-corrected chi connectivity index (χ1v) is 10.1. The lowest BCUT2D eigenvalue weighted by molar-refractivity contribution is -0.126. The molecule has 1 N–H and O–H groups in total. The van der Waals surface area contributed by atoms with Crippen LogP contribution < -0.4 is 15.1 Å². The maximum Gasteiger partial charge on any atom is 0.227 e. The molecule has 2 heterocycles. The Labute approximate surface area is 170 Å². The van der Waals surface area contributed by atoms with Crippen molar-refractivity contribution < 1.29 is 9.59 Å². The van der Waals surface area contributed by atoms with Crippen molar-refractivity contribution in [1.29, 1.82) is 0 Å². The zero-order valence-corrected chi connectivity index (χ0v) is 16.4. The van der Waals surface area contributed by atoms with Crippen LogP contribution in [0.1, 0.15) is 12.8 Å². The third kappa shape index (κ3) is 4.14. The molecule has 0 aromatic heterocycles. The predicted octanol–water partition coefficient (Wildman–Crippen LogP) is 3.34. The minimum Gasteiger partial charge on any atom is -0.371 e. The summed E-state index contributed by atoms with van der Waals surface area (Å²) in [4.78, 5) is 29.0. The zero-order valence-electron chi connectivity index (χ0n) is 15.7. The van der Waals surface area contributed by atoms with Gasteiger partial charge in [-0.3, -0.25) is 9.59 Å². The lowest BCUT2D eigenvalue weighted by atomic mass is 10.1. The number of halogens is 1. The van der Waals surface area contributed by atoms with Crippen LogP contribution in [0.4, 0.5) is 11.4 Å². The van der Waals surface area contributed by atoms with Crippen molar-refractivity contribution >= 4 is 34.8 Å². The summed E-state index contributed by atoms with van der Waals surface area (Å²) >= 11 is 6.03. The molecule has 2 amide bonds. The van der Waals surface area contributed by atoms with Crippen LogP contribution in [0.5, 0.6) is 0 Å². The van der Waals surface area contributed by atoms with Crippen LogP contribution >= 0.6 is 11.6 Å². The SMILES string of the molecule is O=C(NCC1CCN(c2ccccc2)C1)C1CC(=O)N(c2cccc(Cl)c2)C1. The number of carbonyl (C=O) groups excluding carboxylic acids is 2. The van der Waals surface area contributed by atoms with Gasteiger partial charge in [0, 0.05) is 49.0 Å².